The van der Waals surface area contributed by atoms with Crippen LogP contribution in [0, 0.1) is 0 Å². The first-order valence-corrected chi connectivity index (χ1v) is 9.13. The summed E-state index contributed by atoms with van der Waals surface area (Å²) in [5.74, 6) is 0.108. The minimum atomic E-state index is -0.238. The van der Waals surface area contributed by atoms with Crippen molar-refractivity contribution in [2.75, 3.05) is 0 Å². The first kappa shape index (κ1) is 17.6. The van der Waals surface area contributed by atoms with Crippen molar-refractivity contribution in [2.45, 2.75) is 18.8 Å². The van der Waals surface area contributed by atoms with Crippen LogP contribution in [0.15, 0.2) is 54.2 Å². The van der Waals surface area contributed by atoms with Gasteiger partial charge in [0.15, 0.2) is 17.4 Å². The van der Waals surface area contributed by atoms with Crippen LogP contribution in [0.2, 0.25) is 5.02 Å². The Morgan fingerprint density at radius 2 is 2.00 bits per heavy atom. The third-order valence-electron chi connectivity index (χ3n) is 4.05. The fourth-order valence-corrected chi connectivity index (χ4v) is 3.65. The zero-order valence-corrected chi connectivity index (χ0v) is 15.3. The number of hydrogen-bond donors (Lipinski definition) is 0. The van der Waals surface area contributed by atoms with Gasteiger partial charge in [-0.25, -0.2) is 4.98 Å². The highest BCUT2D eigenvalue weighted by Crippen LogP contribution is 2.29. The van der Waals surface area contributed by atoms with Crippen molar-refractivity contribution in [1.29, 1.82) is 0 Å². The number of benzene rings is 1. The molecule has 2 aromatic heterocycles. The molecule has 3 rings (SSSR count). The second kappa shape index (κ2) is 7.76. The van der Waals surface area contributed by atoms with E-state index >= 15 is 0 Å². The molecule has 1 atom stereocenters. The maximum absolute atomic E-state index is 12.6. The van der Waals surface area contributed by atoms with Gasteiger partial charge in [0, 0.05) is 37.3 Å². The van der Waals surface area contributed by atoms with Gasteiger partial charge in [-0.1, -0.05) is 29.8 Å². The molecule has 0 N–H and O–H groups in total. The lowest BCUT2D eigenvalue weighted by Crippen LogP contribution is -2.15. The fourth-order valence-electron chi connectivity index (χ4n) is 2.78. The molecular formula is C19H17ClN2O2S. The summed E-state index contributed by atoms with van der Waals surface area (Å²) in [4.78, 5) is 30.0. The van der Waals surface area contributed by atoms with E-state index in [1.54, 1.807) is 30.1 Å². The van der Waals surface area contributed by atoms with Gasteiger partial charge in [-0.3, -0.25) is 9.59 Å². The van der Waals surface area contributed by atoms with Crippen LogP contribution in [-0.2, 0) is 7.05 Å². The van der Waals surface area contributed by atoms with Gasteiger partial charge in [-0.2, -0.15) is 0 Å². The van der Waals surface area contributed by atoms with Gasteiger partial charge in [0.25, 0.3) is 0 Å². The highest BCUT2D eigenvalue weighted by atomic mass is 35.5. The molecule has 25 heavy (non-hydrogen) atoms. The Balaban J connectivity index is 1.85. The molecule has 6 heteroatoms. The van der Waals surface area contributed by atoms with Gasteiger partial charge >= 0.3 is 0 Å². The van der Waals surface area contributed by atoms with E-state index in [1.807, 2.05) is 35.7 Å². The molecule has 0 amide bonds. The van der Waals surface area contributed by atoms with Gasteiger partial charge in [0.2, 0.25) is 0 Å². The average Bonchev–Trinajstić information content (AvgIpc) is 3.25. The number of halogens is 1. The zero-order valence-electron chi connectivity index (χ0n) is 13.7. The van der Waals surface area contributed by atoms with Crippen LogP contribution in [-0.4, -0.2) is 21.1 Å². The summed E-state index contributed by atoms with van der Waals surface area (Å²) in [6.45, 7) is 0. The molecular weight excluding hydrogens is 356 g/mol. The Kier molecular flexibility index (Phi) is 5.46. The number of hydrogen-bond acceptors (Lipinski definition) is 4. The highest BCUT2D eigenvalue weighted by Gasteiger charge is 2.23. The summed E-state index contributed by atoms with van der Waals surface area (Å²) in [5.41, 5.74) is 0.889. The van der Waals surface area contributed by atoms with Crippen LogP contribution >= 0.6 is 22.9 Å². The molecule has 0 saturated carbocycles. The van der Waals surface area contributed by atoms with E-state index in [2.05, 4.69) is 4.98 Å². The number of ketones is 2. The molecule has 3 aromatic rings. The Morgan fingerprint density at radius 1 is 1.20 bits per heavy atom. The van der Waals surface area contributed by atoms with Crippen LogP contribution in [0.25, 0.3) is 0 Å². The quantitative estimate of drug-likeness (QED) is 0.561. The lowest BCUT2D eigenvalue weighted by atomic mass is 9.88. The molecule has 0 aliphatic rings. The molecule has 0 aliphatic carbocycles. The maximum Gasteiger partial charge on any atom is 0.198 e. The van der Waals surface area contributed by atoms with E-state index in [4.69, 9.17) is 11.6 Å². The number of aryl methyl sites for hydroxylation is 1. The molecule has 0 aliphatic heterocycles. The van der Waals surface area contributed by atoms with Gasteiger partial charge in [0.05, 0.1) is 4.88 Å². The lowest BCUT2D eigenvalue weighted by molar-refractivity contribution is 0.0938. The monoisotopic (exact) mass is 372 g/mol. The first-order chi connectivity index (χ1) is 12.0. The molecule has 0 saturated heterocycles. The van der Waals surface area contributed by atoms with Crippen LogP contribution in [0.3, 0.4) is 0 Å². The van der Waals surface area contributed by atoms with E-state index in [-0.39, 0.29) is 30.3 Å². The van der Waals surface area contributed by atoms with E-state index in [0.29, 0.717) is 15.7 Å². The first-order valence-electron chi connectivity index (χ1n) is 7.87. The minimum Gasteiger partial charge on any atom is -0.332 e. The number of aromatic nitrogens is 2. The molecule has 0 radical (unpaired) electrons. The normalized spacial score (nSPS) is 12.1. The third kappa shape index (κ3) is 4.24. The van der Waals surface area contributed by atoms with Gasteiger partial charge in [-0.05, 0) is 35.1 Å². The maximum atomic E-state index is 12.6. The number of thiophene rings is 1. The van der Waals surface area contributed by atoms with Crippen LogP contribution in [0.4, 0.5) is 0 Å². The van der Waals surface area contributed by atoms with Crippen molar-refractivity contribution in [2.24, 2.45) is 7.05 Å². The van der Waals surface area contributed by atoms with E-state index in [9.17, 15) is 9.59 Å². The molecule has 0 unspecified atom stereocenters. The Hall–Kier alpha value is -2.24. The largest absolute Gasteiger partial charge is 0.332 e. The number of nitrogens with zero attached hydrogens (tertiary/aromatic N) is 2. The van der Waals surface area contributed by atoms with Crippen LogP contribution < -0.4 is 0 Å². The zero-order chi connectivity index (χ0) is 17.8. The number of Topliss-reactive ketones (excluding diaryl/α,β-unsaturated/α-hetero) is 2. The number of rotatable bonds is 7. The van der Waals surface area contributed by atoms with E-state index in [1.165, 1.54) is 11.3 Å². The SMILES string of the molecule is Cn1ccnc1C(=O)C[C@@H](CC(=O)c1cccs1)c1cccc(Cl)c1. The third-order valence-corrected chi connectivity index (χ3v) is 5.20. The molecule has 0 bridgehead atoms. The van der Waals surface area contributed by atoms with Crippen molar-refractivity contribution in [1.82, 2.24) is 9.55 Å². The lowest BCUT2D eigenvalue weighted by Gasteiger charge is -2.16. The average molecular weight is 373 g/mol. The van der Waals surface area contributed by atoms with Gasteiger partial charge in [0.1, 0.15) is 0 Å². The van der Waals surface area contributed by atoms with Crippen LogP contribution in [0.1, 0.15) is 44.6 Å². The van der Waals surface area contributed by atoms with Crippen molar-refractivity contribution in [3.63, 3.8) is 0 Å². The number of imidazole rings is 1. The second-order valence-corrected chi connectivity index (χ2v) is 7.23. The summed E-state index contributed by atoms with van der Waals surface area (Å²) in [7, 11) is 1.78. The topological polar surface area (TPSA) is 52.0 Å². The number of carbonyl (C=O) groups is 2. The Bertz CT molecular complexity index is 886. The van der Waals surface area contributed by atoms with Gasteiger partial charge < -0.3 is 4.57 Å². The number of carbonyl (C=O) groups excluding carboxylic acids is 2. The van der Waals surface area contributed by atoms with E-state index in [0.717, 1.165) is 5.56 Å². The Morgan fingerprint density at radius 3 is 2.64 bits per heavy atom. The summed E-state index contributed by atoms with van der Waals surface area (Å²) < 4.78 is 1.69. The minimum absolute atomic E-state index is 0.0348. The van der Waals surface area contributed by atoms with Gasteiger partial charge in [-0.15, -0.1) is 11.3 Å². The van der Waals surface area contributed by atoms with Crippen LogP contribution in [0.5, 0.6) is 0 Å². The van der Waals surface area contributed by atoms with Crippen molar-refractivity contribution in [3.8, 4) is 0 Å². The van der Waals surface area contributed by atoms with Crippen molar-refractivity contribution in [3.05, 3.63) is 75.5 Å². The predicted octanol–water partition coefficient (Wildman–Crippen LogP) is 4.76. The van der Waals surface area contributed by atoms with Crippen molar-refractivity contribution < 1.29 is 9.59 Å². The standard InChI is InChI=1S/C19H17ClN2O2S/c1-22-8-7-21-19(22)17(24)12-14(13-4-2-5-15(20)10-13)11-16(23)18-6-3-9-25-18/h2-10,14H,11-12H2,1H3/t14-/m1/s1. The summed E-state index contributed by atoms with van der Waals surface area (Å²) >= 11 is 7.52. The smallest absolute Gasteiger partial charge is 0.198 e. The molecule has 128 valence electrons. The Labute approximate surface area is 155 Å². The highest BCUT2D eigenvalue weighted by molar-refractivity contribution is 7.12. The molecule has 4 nitrogen and oxygen atoms in total. The van der Waals surface area contributed by atoms with Crippen molar-refractivity contribution >= 4 is 34.5 Å². The van der Waals surface area contributed by atoms with E-state index < -0.39 is 0 Å². The summed E-state index contributed by atoms with van der Waals surface area (Å²) in [6.07, 6.45) is 3.80. The molecule has 2 heterocycles. The second-order valence-electron chi connectivity index (χ2n) is 5.85. The molecule has 1 aromatic carbocycles. The summed E-state index contributed by atoms with van der Waals surface area (Å²) in [6, 6.07) is 11.0. The summed E-state index contributed by atoms with van der Waals surface area (Å²) in [5, 5.41) is 2.47. The molecule has 0 spiro atoms. The predicted molar refractivity (Wildman–Crippen MR) is 99.6 cm³/mol. The fraction of sp³-hybridized carbons (Fsp3) is 0.211. The molecule has 0 fully saturated rings.